The molecule has 2 aromatic rings. The van der Waals surface area contributed by atoms with E-state index < -0.39 is 11.4 Å². The molecule has 0 unspecified atom stereocenters. The molecule has 0 atom stereocenters. The number of aromatic nitrogens is 1. The molecule has 7 nitrogen and oxygen atoms in total. The average Bonchev–Trinajstić information content (AvgIpc) is 3.07. The largest absolute Gasteiger partial charge is 0.481 e. The summed E-state index contributed by atoms with van der Waals surface area (Å²) in [7, 11) is 0. The predicted molar refractivity (Wildman–Crippen MR) is 103 cm³/mol. The second kappa shape index (κ2) is 7.07. The summed E-state index contributed by atoms with van der Waals surface area (Å²) in [6.45, 7) is 0.572. The van der Waals surface area contributed by atoms with Gasteiger partial charge in [0.2, 0.25) is 5.91 Å². The van der Waals surface area contributed by atoms with Crippen LogP contribution in [0.2, 0.25) is 0 Å². The molecule has 28 heavy (non-hydrogen) atoms. The number of fused-ring (bicyclic) bond motifs is 1. The lowest BCUT2D eigenvalue weighted by atomic mass is 9.66. The summed E-state index contributed by atoms with van der Waals surface area (Å²) in [5.74, 6) is -1.28. The van der Waals surface area contributed by atoms with Crippen molar-refractivity contribution in [3.63, 3.8) is 0 Å². The van der Waals surface area contributed by atoms with Gasteiger partial charge in [-0.15, -0.1) is 0 Å². The first kappa shape index (κ1) is 18.2. The minimum absolute atomic E-state index is 0.00889. The summed E-state index contributed by atoms with van der Waals surface area (Å²) < 4.78 is 0. The molecular weight excluding hydrogens is 358 g/mol. The third-order valence-corrected chi connectivity index (χ3v) is 5.68. The second-order valence-electron chi connectivity index (χ2n) is 7.46. The Morgan fingerprint density at radius 2 is 2.04 bits per heavy atom. The zero-order valence-corrected chi connectivity index (χ0v) is 15.4. The van der Waals surface area contributed by atoms with Crippen LogP contribution in [-0.4, -0.2) is 34.4 Å². The molecule has 1 saturated carbocycles. The quantitative estimate of drug-likeness (QED) is 0.832. The summed E-state index contributed by atoms with van der Waals surface area (Å²) in [5.41, 5.74) is 2.05. The lowest BCUT2D eigenvalue weighted by Crippen LogP contribution is -2.41. The van der Waals surface area contributed by atoms with Crippen LogP contribution >= 0.6 is 0 Å². The lowest BCUT2D eigenvalue weighted by molar-refractivity contribution is -0.157. The van der Waals surface area contributed by atoms with E-state index >= 15 is 0 Å². The van der Waals surface area contributed by atoms with Crippen molar-refractivity contribution in [3.05, 3.63) is 53.9 Å². The van der Waals surface area contributed by atoms with Crippen LogP contribution in [0.4, 0.5) is 11.4 Å². The molecule has 1 aliphatic carbocycles. The van der Waals surface area contributed by atoms with Crippen molar-refractivity contribution in [1.29, 1.82) is 0 Å². The summed E-state index contributed by atoms with van der Waals surface area (Å²) in [6, 6.07) is 8.90. The zero-order valence-electron chi connectivity index (χ0n) is 15.4. The van der Waals surface area contributed by atoms with Crippen LogP contribution in [0.15, 0.2) is 42.7 Å². The van der Waals surface area contributed by atoms with Crippen LogP contribution in [0.25, 0.3) is 0 Å². The SMILES string of the molecule is O=C(CC1(C(=O)O)CCC1)Nc1ccc2c(c1)CCN2C(=O)c1cccnc1. The third kappa shape index (κ3) is 3.24. The summed E-state index contributed by atoms with van der Waals surface area (Å²) in [6.07, 6.45) is 5.81. The van der Waals surface area contributed by atoms with E-state index in [1.165, 1.54) is 0 Å². The molecule has 0 saturated heterocycles. The van der Waals surface area contributed by atoms with E-state index in [9.17, 15) is 19.5 Å². The molecule has 7 heteroatoms. The maximum absolute atomic E-state index is 12.7. The highest BCUT2D eigenvalue weighted by atomic mass is 16.4. The molecule has 1 aliphatic heterocycles. The van der Waals surface area contributed by atoms with Crippen LogP contribution in [-0.2, 0) is 16.0 Å². The number of hydrogen-bond acceptors (Lipinski definition) is 4. The number of nitrogens with one attached hydrogen (secondary N) is 1. The van der Waals surface area contributed by atoms with Crippen LogP contribution in [0.3, 0.4) is 0 Å². The number of carbonyl (C=O) groups excluding carboxylic acids is 2. The smallest absolute Gasteiger partial charge is 0.310 e. The Labute approximate surface area is 162 Å². The Morgan fingerprint density at radius 1 is 1.21 bits per heavy atom. The minimum Gasteiger partial charge on any atom is -0.481 e. The Morgan fingerprint density at radius 3 is 2.68 bits per heavy atom. The summed E-state index contributed by atoms with van der Waals surface area (Å²) in [5, 5.41) is 12.2. The first-order valence-corrected chi connectivity index (χ1v) is 9.37. The van der Waals surface area contributed by atoms with Crippen molar-refractivity contribution >= 4 is 29.2 Å². The fourth-order valence-corrected chi connectivity index (χ4v) is 3.92. The van der Waals surface area contributed by atoms with Crippen molar-refractivity contribution < 1.29 is 19.5 Å². The summed E-state index contributed by atoms with van der Waals surface area (Å²) in [4.78, 5) is 42.2. The van der Waals surface area contributed by atoms with Crippen LogP contribution in [0.5, 0.6) is 0 Å². The second-order valence-corrected chi connectivity index (χ2v) is 7.46. The molecule has 2 amide bonds. The van der Waals surface area contributed by atoms with Gasteiger partial charge in [-0.1, -0.05) is 6.42 Å². The molecule has 0 radical (unpaired) electrons. The summed E-state index contributed by atoms with van der Waals surface area (Å²) >= 11 is 0. The first-order chi connectivity index (χ1) is 13.5. The number of nitrogens with zero attached hydrogens (tertiary/aromatic N) is 2. The minimum atomic E-state index is -0.909. The average molecular weight is 379 g/mol. The van der Waals surface area contributed by atoms with E-state index in [4.69, 9.17) is 0 Å². The molecule has 1 aromatic heterocycles. The number of carboxylic acids is 1. The van der Waals surface area contributed by atoms with E-state index in [2.05, 4.69) is 10.3 Å². The predicted octanol–water partition coefficient (Wildman–Crippen LogP) is 2.87. The fourth-order valence-electron chi connectivity index (χ4n) is 3.92. The molecule has 144 valence electrons. The number of amides is 2. The van der Waals surface area contributed by atoms with E-state index in [1.807, 2.05) is 12.1 Å². The van der Waals surface area contributed by atoms with Gasteiger partial charge < -0.3 is 15.3 Å². The normalized spacial score (nSPS) is 16.8. The Balaban J connectivity index is 1.46. The monoisotopic (exact) mass is 379 g/mol. The number of anilines is 2. The molecule has 2 N–H and O–H groups in total. The van der Waals surface area contributed by atoms with Gasteiger partial charge in [-0.05, 0) is 55.2 Å². The Hall–Kier alpha value is -3.22. The van der Waals surface area contributed by atoms with Gasteiger partial charge in [0.25, 0.3) is 5.91 Å². The highest BCUT2D eigenvalue weighted by molar-refractivity contribution is 6.07. The van der Waals surface area contributed by atoms with Gasteiger partial charge in [-0.3, -0.25) is 19.4 Å². The molecular formula is C21H21N3O4. The van der Waals surface area contributed by atoms with Gasteiger partial charge >= 0.3 is 5.97 Å². The lowest BCUT2D eigenvalue weighted by Gasteiger charge is -2.36. The number of benzene rings is 1. The van der Waals surface area contributed by atoms with E-state index in [-0.39, 0.29) is 18.2 Å². The fraction of sp³-hybridized carbons (Fsp3) is 0.333. The van der Waals surface area contributed by atoms with Crippen molar-refractivity contribution in [1.82, 2.24) is 4.98 Å². The number of carbonyl (C=O) groups is 3. The van der Waals surface area contributed by atoms with Gasteiger partial charge in [-0.2, -0.15) is 0 Å². The molecule has 0 spiro atoms. The maximum atomic E-state index is 12.7. The Kier molecular flexibility index (Phi) is 4.58. The molecule has 2 heterocycles. The van der Waals surface area contributed by atoms with Crippen molar-refractivity contribution in [2.45, 2.75) is 32.1 Å². The number of aliphatic carboxylic acids is 1. The first-order valence-electron chi connectivity index (χ1n) is 9.37. The van der Waals surface area contributed by atoms with Crippen LogP contribution in [0.1, 0.15) is 41.6 Å². The van der Waals surface area contributed by atoms with E-state index in [0.29, 0.717) is 37.1 Å². The number of rotatable bonds is 5. The molecule has 1 aromatic carbocycles. The van der Waals surface area contributed by atoms with Gasteiger partial charge in [-0.25, -0.2) is 0 Å². The highest BCUT2D eigenvalue weighted by Crippen LogP contribution is 2.44. The topological polar surface area (TPSA) is 99.6 Å². The Bertz CT molecular complexity index is 938. The van der Waals surface area contributed by atoms with E-state index in [1.54, 1.807) is 35.5 Å². The van der Waals surface area contributed by atoms with Gasteiger partial charge in [0.15, 0.2) is 0 Å². The van der Waals surface area contributed by atoms with Gasteiger partial charge in [0, 0.05) is 36.7 Å². The number of hydrogen-bond donors (Lipinski definition) is 2. The van der Waals surface area contributed by atoms with Gasteiger partial charge in [0.05, 0.1) is 11.0 Å². The highest BCUT2D eigenvalue weighted by Gasteiger charge is 2.45. The van der Waals surface area contributed by atoms with Crippen molar-refractivity contribution in [3.8, 4) is 0 Å². The maximum Gasteiger partial charge on any atom is 0.310 e. The van der Waals surface area contributed by atoms with Gasteiger partial charge in [0.1, 0.15) is 0 Å². The number of pyridine rings is 1. The molecule has 1 fully saturated rings. The molecule has 2 aliphatic rings. The zero-order chi connectivity index (χ0) is 19.7. The molecule has 4 rings (SSSR count). The molecule has 0 bridgehead atoms. The van der Waals surface area contributed by atoms with Crippen molar-refractivity contribution in [2.75, 3.05) is 16.8 Å². The van der Waals surface area contributed by atoms with Crippen LogP contribution in [0, 0.1) is 5.41 Å². The standard InChI is InChI=1S/C21H21N3O4/c25-18(12-21(20(27)28)7-2-8-21)23-16-4-5-17-14(11-16)6-10-24(17)19(26)15-3-1-9-22-13-15/h1,3-5,9,11,13H,2,6-8,10,12H2,(H,23,25)(H,27,28). The van der Waals surface area contributed by atoms with E-state index in [0.717, 1.165) is 17.7 Å². The third-order valence-electron chi connectivity index (χ3n) is 5.68. The number of carboxylic acid groups (broad SMARTS) is 1. The van der Waals surface area contributed by atoms with Crippen molar-refractivity contribution in [2.24, 2.45) is 5.41 Å². The van der Waals surface area contributed by atoms with Crippen LogP contribution < -0.4 is 10.2 Å².